The molecule has 2 fully saturated rings. The molecule has 19 heavy (non-hydrogen) atoms. The van der Waals surface area contributed by atoms with Crippen molar-refractivity contribution in [1.29, 1.82) is 0 Å². The van der Waals surface area contributed by atoms with Gasteiger partial charge in [0.05, 0.1) is 5.56 Å². The highest BCUT2D eigenvalue weighted by Crippen LogP contribution is 2.49. The lowest BCUT2D eigenvalue weighted by molar-refractivity contribution is 0.0696. The molecular formula is C15H18BrNO2. The number of hydrogen-bond acceptors (Lipinski definition) is 2. The van der Waals surface area contributed by atoms with Crippen LogP contribution < -0.4 is 5.32 Å². The SMILES string of the molecule is O=C(O)c1ccc(NCC(C2CC2)C2CC2)cc1Br. The fraction of sp³-hybridized carbons (Fsp3) is 0.533. The van der Waals surface area contributed by atoms with Crippen LogP contribution in [0, 0.1) is 17.8 Å². The maximum absolute atomic E-state index is 10.9. The molecule has 102 valence electrons. The Morgan fingerprint density at radius 2 is 1.95 bits per heavy atom. The highest BCUT2D eigenvalue weighted by molar-refractivity contribution is 9.10. The van der Waals surface area contributed by atoms with Gasteiger partial charge in [0.25, 0.3) is 0 Å². The van der Waals surface area contributed by atoms with Gasteiger partial charge in [-0.1, -0.05) is 0 Å². The molecule has 3 nitrogen and oxygen atoms in total. The number of anilines is 1. The van der Waals surface area contributed by atoms with Crippen molar-refractivity contribution in [2.75, 3.05) is 11.9 Å². The lowest BCUT2D eigenvalue weighted by Gasteiger charge is -2.17. The van der Waals surface area contributed by atoms with E-state index in [4.69, 9.17) is 5.11 Å². The van der Waals surface area contributed by atoms with Crippen LogP contribution >= 0.6 is 15.9 Å². The average molecular weight is 324 g/mol. The van der Waals surface area contributed by atoms with E-state index in [0.29, 0.717) is 10.0 Å². The molecular weight excluding hydrogens is 306 g/mol. The number of carboxylic acid groups (broad SMARTS) is 1. The zero-order valence-electron chi connectivity index (χ0n) is 10.7. The minimum atomic E-state index is -0.896. The van der Waals surface area contributed by atoms with Gasteiger partial charge in [0.15, 0.2) is 0 Å². The van der Waals surface area contributed by atoms with Gasteiger partial charge in [-0.2, -0.15) is 0 Å². The van der Waals surface area contributed by atoms with Gasteiger partial charge in [0, 0.05) is 16.7 Å². The molecule has 0 bridgehead atoms. The third-order valence-electron chi connectivity index (χ3n) is 4.20. The predicted octanol–water partition coefficient (Wildman–Crippen LogP) is 4.00. The number of aromatic carboxylic acids is 1. The van der Waals surface area contributed by atoms with Crippen LogP contribution in [0.15, 0.2) is 22.7 Å². The minimum Gasteiger partial charge on any atom is -0.478 e. The Bertz CT molecular complexity index is 483. The van der Waals surface area contributed by atoms with Crippen molar-refractivity contribution in [2.45, 2.75) is 25.7 Å². The first kappa shape index (κ1) is 13.0. The molecule has 0 amide bonds. The lowest BCUT2D eigenvalue weighted by atomic mass is 9.98. The van der Waals surface area contributed by atoms with Gasteiger partial charge in [-0.15, -0.1) is 0 Å². The smallest absolute Gasteiger partial charge is 0.336 e. The van der Waals surface area contributed by atoms with E-state index < -0.39 is 5.97 Å². The fourth-order valence-corrected chi connectivity index (χ4v) is 3.35. The summed E-state index contributed by atoms with van der Waals surface area (Å²) in [5.41, 5.74) is 1.31. The molecule has 2 aliphatic carbocycles. The van der Waals surface area contributed by atoms with Crippen molar-refractivity contribution in [3.05, 3.63) is 28.2 Å². The van der Waals surface area contributed by atoms with Crippen LogP contribution in [-0.4, -0.2) is 17.6 Å². The normalized spacial score (nSPS) is 18.6. The van der Waals surface area contributed by atoms with Gasteiger partial charge in [-0.3, -0.25) is 0 Å². The summed E-state index contributed by atoms with van der Waals surface area (Å²) < 4.78 is 0.638. The van der Waals surface area contributed by atoms with Crippen molar-refractivity contribution in [3.63, 3.8) is 0 Å². The second-order valence-corrected chi connectivity index (χ2v) is 6.57. The first-order valence-corrected chi connectivity index (χ1v) is 7.71. The highest BCUT2D eigenvalue weighted by atomic mass is 79.9. The maximum atomic E-state index is 10.9. The molecule has 0 unspecified atom stereocenters. The predicted molar refractivity (Wildman–Crippen MR) is 78.5 cm³/mol. The number of halogens is 1. The van der Waals surface area contributed by atoms with Crippen LogP contribution in [0.25, 0.3) is 0 Å². The summed E-state index contributed by atoms with van der Waals surface area (Å²) in [6.07, 6.45) is 5.57. The summed E-state index contributed by atoms with van der Waals surface area (Å²) in [5.74, 6) is 1.79. The standard InChI is InChI=1S/C15H18BrNO2/c16-14-7-11(5-6-12(14)15(18)19)17-8-13(9-1-2-9)10-3-4-10/h5-7,9-10,13,17H,1-4,8H2,(H,18,19). The van der Waals surface area contributed by atoms with Crippen molar-refractivity contribution in [2.24, 2.45) is 17.8 Å². The molecule has 4 heteroatoms. The fourth-order valence-electron chi connectivity index (χ4n) is 2.80. The van der Waals surface area contributed by atoms with E-state index in [9.17, 15) is 4.79 Å². The summed E-state index contributed by atoms with van der Waals surface area (Å²) in [6.45, 7) is 1.02. The molecule has 0 radical (unpaired) electrons. The third kappa shape index (κ3) is 3.11. The van der Waals surface area contributed by atoms with E-state index in [1.165, 1.54) is 25.7 Å². The van der Waals surface area contributed by atoms with E-state index in [1.54, 1.807) is 6.07 Å². The number of benzene rings is 1. The number of rotatable bonds is 6. The second-order valence-electron chi connectivity index (χ2n) is 5.72. The lowest BCUT2D eigenvalue weighted by Crippen LogP contribution is -2.18. The Balaban J connectivity index is 1.63. The van der Waals surface area contributed by atoms with Gasteiger partial charge in [0.1, 0.15) is 0 Å². The van der Waals surface area contributed by atoms with Crippen LogP contribution in [0.4, 0.5) is 5.69 Å². The zero-order chi connectivity index (χ0) is 13.4. The molecule has 2 N–H and O–H groups in total. The molecule has 1 aromatic rings. The molecule has 1 aromatic carbocycles. The number of carboxylic acids is 1. The first-order valence-electron chi connectivity index (χ1n) is 6.92. The van der Waals surface area contributed by atoms with E-state index in [0.717, 1.165) is 30.0 Å². The third-order valence-corrected chi connectivity index (χ3v) is 4.85. The Labute approximate surface area is 121 Å². The number of nitrogens with one attached hydrogen (secondary N) is 1. The Hall–Kier alpha value is -1.03. The van der Waals surface area contributed by atoms with E-state index >= 15 is 0 Å². The summed E-state index contributed by atoms with van der Waals surface area (Å²) >= 11 is 3.32. The molecule has 2 saturated carbocycles. The van der Waals surface area contributed by atoms with Crippen molar-refractivity contribution in [3.8, 4) is 0 Å². The molecule has 0 aromatic heterocycles. The summed E-state index contributed by atoms with van der Waals surface area (Å²) in [5, 5.41) is 12.5. The second kappa shape index (κ2) is 5.16. The molecule has 0 atom stereocenters. The van der Waals surface area contributed by atoms with E-state index in [2.05, 4.69) is 21.2 Å². The molecule has 0 saturated heterocycles. The minimum absolute atomic E-state index is 0.312. The highest BCUT2D eigenvalue weighted by Gasteiger charge is 2.40. The quantitative estimate of drug-likeness (QED) is 0.832. The topological polar surface area (TPSA) is 49.3 Å². The van der Waals surface area contributed by atoms with Gasteiger partial charge in [0.2, 0.25) is 0 Å². The summed E-state index contributed by atoms with van der Waals surface area (Å²) in [6, 6.07) is 5.36. The molecule has 0 aliphatic heterocycles. The van der Waals surface area contributed by atoms with Gasteiger partial charge >= 0.3 is 5.97 Å². The monoisotopic (exact) mass is 323 g/mol. The maximum Gasteiger partial charge on any atom is 0.336 e. The zero-order valence-corrected chi connectivity index (χ0v) is 12.3. The van der Waals surface area contributed by atoms with E-state index in [-0.39, 0.29) is 0 Å². The molecule has 2 aliphatic rings. The Morgan fingerprint density at radius 3 is 2.42 bits per heavy atom. The van der Waals surface area contributed by atoms with Crippen molar-refractivity contribution < 1.29 is 9.90 Å². The summed E-state index contributed by atoms with van der Waals surface area (Å²) in [4.78, 5) is 10.9. The Kier molecular flexibility index (Phi) is 3.52. The summed E-state index contributed by atoms with van der Waals surface area (Å²) in [7, 11) is 0. The van der Waals surface area contributed by atoms with Gasteiger partial charge in [-0.05, 0) is 77.6 Å². The van der Waals surface area contributed by atoms with Crippen molar-refractivity contribution >= 4 is 27.6 Å². The molecule has 0 spiro atoms. The van der Waals surface area contributed by atoms with Crippen molar-refractivity contribution in [1.82, 2.24) is 0 Å². The largest absolute Gasteiger partial charge is 0.478 e. The van der Waals surface area contributed by atoms with Crippen LogP contribution in [0.5, 0.6) is 0 Å². The number of hydrogen-bond donors (Lipinski definition) is 2. The van der Waals surface area contributed by atoms with Gasteiger partial charge < -0.3 is 10.4 Å². The van der Waals surface area contributed by atoms with Gasteiger partial charge in [-0.25, -0.2) is 4.79 Å². The van der Waals surface area contributed by atoms with Crippen LogP contribution in [-0.2, 0) is 0 Å². The molecule has 0 heterocycles. The average Bonchev–Trinajstić information content (AvgIpc) is 3.23. The molecule has 3 rings (SSSR count). The number of carbonyl (C=O) groups is 1. The Morgan fingerprint density at radius 1 is 1.32 bits per heavy atom. The van der Waals surface area contributed by atoms with Crippen LogP contribution in [0.1, 0.15) is 36.0 Å². The van der Waals surface area contributed by atoms with Crippen LogP contribution in [0.3, 0.4) is 0 Å². The van der Waals surface area contributed by atoms with E-state index in [1.807, 2.05) is 12.1 Å². The first-order chi connectivity index (χ1) is 9.15. The van der Waals surface area contributed by atoms with Crippen LogP contribution in [0.2, 0.25) is 0 Å².